The summed E-state index contributed by atoms with van der Waals surface area (Å²) in [6, 6.07) is 20.7. The Labute approximate surface area is 237 Å². The molecule has 3 aliphatic rings. The molecule has 0 atom stereocenters. The summed E-state index contributed by atoms with van der Waals surface area (Å²) in [7, 11) is 0. The molecule has 0 unspecified atom stereocenters. The normalized spacial score (nSPS) is 18.6. The van der Waals surface area contributed by atoms with Crippen molar-refractivity contribution in [3.05, 3.63) is 108 Å². The number of urea groups is 1. The maximum atomic E-state index is 13.6. The number of ether oxygens (including phenoxy) is 3. The van der Waals surface area contributed by atoms with Crippen molar-refractivity contribution in [2.24, 2.45) is 4.99 Å². The van der Waals surface area contributed by atoms with Gasteiger partial charge >= 0.3 is 6.03 Å². The van der Waals surface area contributed by atoms with Crippen LogP contribution in [0.25, 0.3) is 0 Å². The van der Waals surface area contributed by atoms with Gasteiger partial charge in [0.25, 0.3) is 0 Å². The van der Waals surface area contributed by atoms with Crippen molar-refractivity contribution in [2.75, 3.05) is 52.5 Å². The zero-order valence-electron chi connectivity index (χ0n) is 23.1. The molecule has 0 aromatic heterocycles. The topological polar surface area (TPSA) is 63.6 Å². The van der Waals surface area contributed by atoms with Gasteiger partial charge in [0.2, 0.25) is 5.90 Å². The molecule has 2 heterocycles. The molecular formula is C33H39N3O4. The minimum atomic E-state index is -0.284. The quantitative estimate of drug-likeness (QED) is 0.374. The largest absolute Gasteiger partial charge is 0.488 e. The average molecular weight is 542 g/mol. The highest BCUT2D eigenvalue weighted by Gasteiger charge is 2.22. The number of hydrogen-bond acceptors (Lipinski definition) is 5. The summed E-state index contributed by atoms with van der Waals surface area (Å²) < 4.78 is 17.2. The lowest BCUT2D eigenvalue weighted by molar-refractivity contribution is 0.0350. The number of carbonyl (C=O) groups excluding carboxylic acids is 1. The molecule has 5 rings (SSSR count). The minimum Gasteiger partial charge on any atom is -0.488 e. The molecule has 2 aromatic carbocycles. The molecule has 0 saturated carbocycles. The van der Waals surface area contributed by atoms with E-state index in [1.54, 1.807) is 6.26 Å². The number of aliphatic imine (C=N–C) groups is 1. The Kier molecular flexibility index (Phi) is 10.2. The van der Waals surface area contributed by atoms with Crippen molar-refractivity contribution in [2.45, 2.75) is 31.6 Å². The van der Waals surface area contributed by atoms with Crippen LogP contribution in [0, 0.1) is 0 Å². The molecule has 7 nitrogen and oxygen atoms in total. The van der Waals surface area contributed by atoms with Gasteiger partial charge in [-0.05, 0) is 30.4 Å². The van der Waals surface area contributed by atoms with E-state index in [1.807, 2.05) is 17.0 Å². The molecule has 2 aromatic rings. The van der Waals surface area contributed by atoms with E-state index in [0.29, 0.717) is 31.2 Å². The van der Waals surface area contributed by atoms with E-state index in [1.165, 1.54) is 16.7 Å². The lowest BCUT2D eigenvalue weighted by Crippen LogP contribution is -2.43. The fourth-order valence-corrected chi connectivity index (χ4v) is 5.32. The standard InChI is InChI=1S/C33H39N3O4/c37-33(34-32-26-39-25-30(40-32)24-27-10-4-1-5-11-27)36(19-18-35-20-22-38-23-21-35)17-16-31(28-12-6-2-7-13-28)29-14-8-3-9-15-29/h1-4,6-10,12-15,25,31H,5,11,16-24,26H2. The van der Waals surface area contributed by atoms with Crippen molar-refractivity contribution >= 4 is 11.9 Å². The van der Waals surface area contributed by atoms with E-state index in [2.05, 4.69) is 76.7 Å². The van der Waals surface area contributed by atoms with Crippen LogP contribution >= 0.6 is 0 Å². The van der Waals surface area contributed by atoms with Gasteiger partial charge < -0.3 is 19.1 Å². The van der Waals surface area contributed by atoms with Crippen LogP contribution in [0.3, 0.4) is 0 Å². The smallest absolute Gasteiger partial charge is 0.346 e. The van der Waals surface area contributed by atoms with Gasteiger partial charge in [-0.25, -0.2) is 4.79 Å². The van der Waals surface area contributed by atoms with Crippen LogP contribution in [0.2, 0.25) is 0 Å². The first-order valence-corrected chi connectivity index (χ1v) is 14.3. The Morgan fingerprint density at radius 3 is 2.38 bits per heavy atom. The van der Waals surface area contributed by atoms with Gasteiger partial charge in [0.05, 0.1) is 13.2 Å². The third-order valence-electron chi connectivity index (χ3n) is 7.54. The molecule has 1 aliphatic carbocycles. The van der Waals surface area contributed by atoms with Crippen molar-refractivity contribution in [1.82, 2.24) is 9.80 Å². The van der Waals surface area contributed by atoms with Crippen molar-refractivity contribution in [3.63, 3.8) is 0 Å². The molecule has 0 N–H and O–H groups in total. The fourth-order valence-electron chi connectivity index (χ4n) is 5.32. The highest BCUT2D eigenvalue weighted by atomic mass is 16.6. The summed E-state index contributed by atoms with van der Waals surface area (Å²) in [6.07, 6.45) is 11.5. The molecule has 1 saturated heterocycles. The predicted octanol–water partition coefficient (Wildman–Crippen LogP) is 5.92. The van der Waals surface area contributed by atoms with Crippen LogP contribution in [0.5, 0.6) is 0 Å². The zero-order chi connectivity index (χ0) is 27.4. The first kappa shape index (κ1) is 27.9. The molecule has 0 radical (unpaired) electrons. The second-order valence-corrected chi connectivity index (χ2v) is 10.4. The molecule has 2 aliphatic heterocycles. The maximum absolute atomic E-state index is 13.6. The van der Waals surface area contributed by atoms with E-state index >= 15 is 0 Å². The number of morpholine rings is 1. The first-order valence-electron chi connectivity index (χ1n) is 14.3. The van der Waals surface area contributed by atoms with Crippen LogP contribution in [0.4, 0.5) is 4.79 Å². The summed E-state index contributed by atoms with van der Waals surface area (Å²) >= 11 is 0. The molecule has 210 valence electrons. The number of carbonyl (C=O) groups is 1. The fraction of sp³-hybridized carbons (Fsp3) is 0.394. The predicted molar refractivity (Wildman–Crippen MR) is 157 cm³/mol. The molecule has 1 fully saturated rings. The van der Waals surface area contributed by atoms with E-state index in [9.17, 15) is 4.79 Å². The Morgan fingerprint density at radius 1 is 0.975 bits per heavy atom. The second-order valence-electron chi connectivity index (χ2n) is 10.4. The van der Waals surface area contributed by atoms with Crippen LogP contribution in [0.15, 0.2) is 101 Å². The van der Waals surface area contributed by atoms with Gasteiger partial charge in [-0.1, -0.05) is 84.5 Å². The van der Waals surface area contributed by atoms with Crippen molar-refractivity contribution < 1.29 is 19.0 Å². The van der Waals surface area contributed by atoms with Gasteiger partial charge in [-0.2, -0.15) is 4.99 Å². The monoisotopic (exact) mass is 541 g/mol. The molecule has 0 bridgehead atoms. The van der Waals surface area contributed by atoms with Gasteiger partial charge in [-0.3, -0.25) is 4.90 Å². The lowest BCUT2D eigenvalue weighted by Gasteiger charge is -2.30. The highest BCUT2D eigenvalue weighted by molar-refractivity contribution is 5.92. The number of amides is 2. The SMILES string of the molecule is O=C(N=C1COC=C(CC2=CC=CCC2)O1)N(CCC(c1ccccc1)c1ccccc1)CCN1CCOCC1. The molecule has 40 heavy (non-hydrogen) atoms. The zero-order valence-corrected chi connectivity index (χ0v) is 23.1. The minimum absolute atomic E-state index is 0.155. The van der Waals surface area contributed by atoms with Crippen molar-refractivity contribution in [3.8, 4) is 0 Å². The Bertz CT molecular complexity index is 1180. The van der Waals surface area contributed by atoms with Gasteiger partial charge in [0.1, 0.15) is 12.0 Å². The van der Waals surface area contributed by atoms with Crippen LogP contribution in [-0.2, 0) is 14.2 Å². The third-order valence-corrected chi connectivity index (χ3v) is 7.54. The van der Waals surface area contributed by atoms with E-state index in [0.717, 1.165) is 52.1 Å². The number of benzene rings is 2. The number of allylic oxidation sites excluding steroid dienone is 4. The Morgan fingerprint density at radius 2 is 1.70 bits per heavy atom. The van der Waals surface area contributed by atoms with Crippen LogP contribution < -0.4 is 0 Å². The summed E-state index contributed by atoms with van der Waals surface area (Å²) in [5.41, 5.74) is 3.77. The Hall–Kier alpha value is -3.68. The van der Waals surface area contributed by atoms with E-state index in [4.69, 9.17) is 14.2 Å². The van der Waals surface area contributed by atoms with Gasteiger partial charge in [-0.15, -0.1) is 0 Å². The number of nitrogens with zero attached hydrogens (tertiary/aromatic N) is 3. The van der Waals surface area contributed by atoms with Crippen molar-refractivity contribution in [1.29, 1.82) is 0 Å². The van der Waals surface area contributed by atoms with Gasteiger partial charge in [0, 0.05) is 45.1 Å². The third kappa shape index (κ3) is 8.16. The first-order chi connectivity index (χ1) is 19.7. The Balaban J connectivity index is 1.28. The molecular weight excluding hydrogens is 502 g/mol. The van der Waals surface area contributed by atoms with E-state index < -0.39 is 0 Å². The van der Waals surface area contributed by atoms with Gasteiger partial charge in [0.15, 0.2) is 6.61 Å². The summed E-state index contributed by atoms with van der Waals surface area (Å²) in [6.45, 7) is 5.33. The molecule has 7 heteroatoms. The highest BCUT2D eigenvalue weighted by Crippen LogP contribution is 2.28. The van der Waals surface area contributed by atoms with E-state index in [-0.39, 0.29) is 18.6 Å². The maximum Gasteiger partial charge on any atom is 0.346 e. The lowest BCUT2D eigenvalue weighted by atomic mass is 9.88. The number of hydrogen-bond donors (Lipinski definition) is 0. The summed E-state index contributed by atoms with van der Waals surface area (Å²) in [5, 5.41) is 0. The average Bonchev–Trinajstić information content (AvgIpc) is 3.01. The molecule has 0 spiro atoms. The molecule has 2 amide bonds. The van der Waals surface area contributed by atoms with Crippen LogP contribution in [0.1, 0.15) is 42.7 Å². The summed E-state index contributed by atoms with van der Waals surface area (Å²) in [5.74, 6) is 1.18. The number of rotatable bonds is 10. The van der Waals surface area contributed by atoms with Crippen LogP contribution in [-0.4, -0.2) is 74.3 Å². The second kappa shape index (κ2) is 14.6. The summed E-state index contributed by atoms with van der Waals surface area (Å²) in [4.78, 5) is 22.2.